The van der Waals surface area contributed by atoms with Gasteiger partial charge in [-0.3, -0.25) is 9.59 Å². The number of carbonyl (C=O) groups excluding carboxylic acids is 2. The van der Waals surface area contributed by atoms with Crippen LogP contribution in [-0.2, 0) is 9.59 Å². The van der Waals surface area contributed by atoms with Crippen molar-refractivity contribution in [2.45, 2.75) is 148 Å². The molecule has 0 aliphatic heterocycles. The Morgan fingerprint density at radius 2 is 0.968 bits per heavy atom. The highest BCUT2D eigenvalue weighted by Crippen LogP contribution is 2.35. The Bertz CT molecular complexity index is 447. The molecule has 31 heavy (non-hydrogen) atoms. The number of unbranched alkanes of at least 4 members (excludes halogenated alkanes) is 6. The summed E-state index contributed by atoms with van der Waals surface area (Å²) in [6.45, 7) is 4.41. The van der Waals surface area contributed by atoms with E-state index in [9.17, 15) is 9.59 Å². The van der Waals surface area contributed by atoms with Gasteiger partial charge in [-0.1, -0.05) is 52.4 Å². The fourth-order valence-corrected chi connectivity index (χ4v) is 5.58. The van der Waals surface area contributed by atoms with E-state index in [0.717, 1.165) is 50.4 Å². The zero-order valence-electron chi connectivity index (χ0n) is 20.6. The van der Waals surface area contributed by atoms with E-state index in [-0.39, 0.29) is 11.8 Å². The average molecular weight is 435 g/mol. The molecule has 0 aromatic carbocycles. The molecule has 0 radical (unpaired) electrons. The minimum Gasteiger partial charge on any atom is -0.353 e. The maximum Gasteiger partial charge on any atom is 0.220 e. The maximum atomic E-state index is 12.1. The first-order valence-corrected chi connectivity index (χ1v) is 13.7. The lowest BCUT2D eigenvalue weighted by molar-refractivity contribution is -0.123. The molecule has 0 unspecified atom stereocenters. The van der Waals surface area contributed by atoms with Crippen molar-refractivity contribution in [2.24, 2.45) is 11.8 Å². The SMILES string of the molecule is CCCCCCC(=O)NC1CCC(CC2CCC(NC(=O)CCCCCC)CC2)CC1. The Hall–Kier alpha value is -1.06. The molecule has 2 saturated carbocycles. The van der Waals surface area contributed by atoms with E-state index in [1.165, 1.54) is 70.6 Å². The van der Waals surface area contributed by atoms with Crippen LogP contribution >= 0.6 is 0 Å². The van der Waals surface area contributed by atoms with Crippen LogP contribution in [0.15, 0.2) is 0 Å². The molecule has 2 aliphatic carbocycles. The van der Waals surface area contributed by atoms with Gasteiger partial charge in [-0.25, -0.2) is 0 Å². The molecule has 2 amide bonds. The van der Waals surface area contributed by atoms with Gasteiger partial charge in [0, 0.05) is 24.9 Å². The topological polar surface area (TPSA) is 58.2 Å². The molecule has 0 aromatic rings. The van der Waals surface area contributed by atoms with Crippen molar-refractivity contribution in [3.8, 4) is 0 Å². The Labute approximate surface area is 192 Å². The maximum absolute atomic E-state index is 12.1. The quantitative estimate of drug-likeness (QED) is 0.300. The van der Waals surface area contributed by atoms with Crippen LogP contribution in [0, 0.1) is 11.8 Å². The fourth-order valence-electron chi connectivity index (χ4n) is 5.58. The third-order valence-electron chi connectivity index (χ3n) is 7.61. The van der Waals surface area contributed by atoms with Crippen molar-refractivity contribution >= 4 is 11.8 Å². The van der Waals surface area contributed by atoms with Crippen LogP contribution in [0.5, 0.6) is 0 Å². The molecule has 2 fully saturated rings. The number of hydrogen-bond donors (Lipinski definition) is 2. The average Bonchev–Trinajstić information content (AvgIpc) is 2.77. The lowest BCUT2D eigenvalue weighted by atomic mass is 9.75. The molecule has 4 nitrogen and oxygen atoms in total. The van der Waals surface area contributed by atoms with Gasteiger partial charge in [0.05, 0.1) is 0 Å². The first-order chi connectivity index (χ1) is 15.1. The number of nitrogens with one attached hydrogen (secondary N) is 2. The van der Waals surface area contributed by atoms with Gasteiger partial charge in [-0.2, -0.15) is 0 Å². The summed E-state index contributed by atoms with van der Waals surface area (Å²) in [5.74, 6) is 2.22. The lowest BCUT2D eigenvalue weighted by Crippen LogP contribution is -2.39. The zero-order valence-corrected chi connectivity index (χ0v) is 20.6. The van der Waals surface area contributed by atoms with Gasteiger partial charge in [0.25, 0.3) is 0 Å². The van der Waals surface area contributed by atoms with Gasteiger partial charge >= 0.3 is 0 Å². The van der Waals surface area contributed by atoms with Gasteiger partial charge in [0.15, 0.2) is 0 Å². The minimum absolute atomic E-state index is 0.269. The molecule has 0 heterocycles. The van der Waals surface area contributed by atoms with Crippen molar-refractivity contribution in [1.29, 1.82) is 0 Å². The van der Waals surface area contributed by atoms with Crippen LogP contribution in [0.4, 0.5) is 0 Å². The molecule has 0 bridgehead atoms. The molecular formula is C27H50N2O2. The van der Waals surface area contributed by atoms with E-state index >= 15 is 0 Å². The Morgan fingerprint density at radius 1 is 0.581 bits per heavy atom. The third kappa shape index (κ3) is 11.4. The molecule has 4 heteroatoms. The normalized spacial score (nSPS) is 26.4. The molecule has 0 spiro atoms. The molecule has 2 rings (SSSR count). The fraction of sp³-hybridized carbons (Fsp3) is 0.926. The highest BCUT2D eigenvalue weighted by Gasteiger charge is 2.27. The zero-order chi connectivity index (χ0) is 22.3. The summed E-state index contributed by atoms with van der Waals surface area (Å²) < 4.78 is 0. The van der Waals surface area contributed by atoms with Gasteiger partial charge in [0.2, 0.25) is 11.8 Å². The van der Waals surface area contributed by atoms with Crippen LogP contribution in [0.2, 0.25) is 0 Å². The van der Waals surface area contributed by atoms with Crippen molar-refractivity contribution < 1.29 is 9.59 Å². The van der Waals surface area contributed by atoms with Gasteiger partial charge in [-0.05, 0) is 82.5 Å². The number of amides is 2. The Kier molecular flexibility index (Phi) is 13.3. The van der Waals surface area contributed by atoms with Crippen LogP contribution in [-0.4, -0.2) is 23.9 Å². The number of carbonyl (C=O) groups is 2. The van der Waals surface area contributed by atoms with Crippen LogP contribution in [0.3, 0.4) is 0 Å². The van der Waals surface area contributed by atoms with Crippen molar-refractivity contribution in [2.75, 3.05) is 0 Å². The monoisotopic (exact) mass is 434 g/mol. The predicted molar refractivity (Wildman–Crippen MR) is 130 cm³/mol. The summed E-state index contributed by atoms with van der Waals surface area (Å²) in [4.78, 5) is 24.3. The summed E-state index contributed by atoms with van der Waals surface area (Å²) >= 11 is 0. The highest BCUT2D eigenvalue weighted by molar-refractivity contribution is 5.76. The van der Waals surface area contributed by atoms with Crippen LogP contribution in [0.25, 0.3) is 0 Å². The Balaban J connectivity index is 1.52. The van der Waals surface area contributed by atoms with E-state index < -0.39 is 0 Å². The summed E-state index contributed by atoms with van der Waals surface area (Å²) in [7, 11) is 0. The first-order valence-electron chi connectivity index (χ1n) is 13.7. The minimum atomic E-state index is 0.269. The molecule has 0 saturated heterocycles. The standard InChI is InChI=1S/C27H50N2O2/c1-3-5-7-9-11-26(30)28-24-17-13-22(14-18-24)21-23-15-19-25(20-16-23)29-27(31)12-10-8-6-4-2/h22-25H,3-21H2,1-2H3,(H,28,30)(H,29,31). The molecule has 180 valence electrons. The third-order valence-corrected chi connectivity index (χ3v) is 7.61. The molecule has 0 atom stereocenters. The predicted octanol–water partition coefficient (Wildman–Crippen LogP) is 6.67. The Morgan fingerprint density at radius 3 is 1.32 bits per heavy atom. The van der Waals surface area contributed by atoms with E-state index in [2.05, 4.69) is 24.5 Å². The van der Waals surface area contributed by atoms with Crippen molar-refractivity contribution in [3.63, 3.8) is 0 Å². The van der Waals surface area contributed by atoms with E-state index in [1.54, 1.807) is 0 Å². The highest BCUT2D eigenvalue weighted by atomic mass is 16.2. The summed E-state index contributed by atoms with van der Waals surface area (Å²) in [5.41, 5.74) is 0. The summed E-state index contributed by atoms with van der Waals surface area (Å²) in [6.07, 6.45) is 21.9. The summed E-state index contributed by atoms with van der Waals surface area (Å²) in [6, 6.07) is 0.830. The smallest absolute Gasteiger partial charge is 0.220 e. The number of hydrogen-bond acceptors (Lipinski definition) is 2. The van der Waals surface area contributed by atoms with E-state index in [0.29, 0.717) is 24.9 Å². The summed E-state index contributed by atoms with van der Waals surface area (Å²) in [5, 5.41) is 6.57. The molecule has 2 aliphatic rings. The second-order valence-electron chi connectivity index (χ2n) is 10.4. The second-order valence-corrected chi connectivity index (χ2v) is 10.4. The van der Waals surface area contributed by atoms with Crippen LogP contribution < -0.4 is 10.6 Å². The van der Waals surface area contributed by atoms with Gasteiger partial charge < -0.3 is 10.6 Å². The lowest BCUT2D eigenvalue weighted by Gasteiger charge is -2.34. The largest absolute Gasteiger partial charge is 0.353 e. The van der Waals surface area contributed by atoms with Crippen molar-refractivity contribution in [3.05, 3.63) is 0 Å². The number of rotatable bonds is 14. The second kappa shape index (κ2) is 15.7. The molecule has 2 N–H and O–H groups in total. The van der Waals surface area contributed by atoms with E-state index in [4.69, 9.17) is 0 Å². The van der Waals surface area contributed by atoms with Crippen molar-refractivity contribution in [1.82, 2.24) is 10.6 Å². The van der Waals surface area contributed by atoms with Gasteiger partial charge in [-0.15, -0.1) is 0 Å². The van der Waals surface area contributed by atoms with E-state index in [1.807, 2.05) is 0 Å². The van der Waals surface area contributed by atoms with Gasteiger partial charge in [0.1, 0.15) is 0 Å². The van der Waals surface area contributed by atoms with Crippen LogP contribution in [0.1, 0.15) is 136 Å². The molecular weight excluding hydrogens is 384 g/mol. The first kappa shape index (κ1) is 26.2. The molecule has 0 aromatic heterocycles.